The molecule has 0 amide bonds. The van der Waals surface area contributed by atoms with Crippen LogP contribution in [0.25, 0.3) is 16.6 Å². The van der Waals surface area contributed by atoms with Crippen molar-refractivity contribution in [2.45, 2.75) is 59.9 Å². The molecule has 0 aliphatic carbocycles. The van der Waals surface area contributed by atoms with E-state index in [1.54, 1.807) is 20.8 Å². The summed E-state index contributed by atoms with van der Waals surface area (Å²) in [6.07, 6.45) is -3.70. The van der Waals surface area contributed by atoms with Crippen LogP contribution < -0.4 is 9.47 Å². The highest BCUT2D eigenvalue weighted by atomic mass is 35.5. The van der Waals surface area contributed by atoms with Gasteiger partial charge in [0, 0.05) is 35.2 Å². The second-order valence-corrected chi connectivity index (χ2v) is 9.34. The van der Waals surface area contributed by atoms with Gasteiger partial charge in [-0.1, -0.05) is 32.1 Å². The summed E-state index contributed by atoms with van der Waals surface area (Å²) in [5, 5.41) is 9.58. The molecular formula is C30H32ClF4NO5. The van der Waals surface area contributed by atoms with E-state index in [0.29, 0.717) is 29.0 Å². The van der Waals surface area contributed by atoms with E-state index in [4.69, 9.17) is 16.3 Å². The number of ether oxygens (including phenoxy) is 2. The number of carbonyl (C=O) groups excluding carboxylic acids is 1. The van der Waals surface area contributed by atoms with Crippen molar-refractivity contribution in [3.8, 4) is 17.2 Å². The molecule has 1 atom stereocenters. The Morgan fingerprint density at radius 3 is 2.29 bits per heavy atom. The van der Waals surface area contributed by atoms with Crippen LogP contribution in [0.1, 0.15) is 56.6 Å². The SMILES string of the molecule is C/C=C(\C)CCl.C=C(CC)C(=O)c1c(C)n(-c2cc(F)cc(O[C@H](CC)C(=O)O)c2)c2cc(OC(F)(F)F)ccc12. The van der Waals surface area contributed by atoms with E-state index >= 15 is 0 Å². The Morgan fingerprint density at radius 1 is 1.15 bits per heavy atom. The molecule has 0 saturated carbocycles. The molecule has 3 rings (SSSR count). The molecule has 2 aromatic carbocycles. The average Bonchev–Trinajstić information content (AvgIpc) is 3.19. The minimum atomic E-state index is -4.94. The predicted octanol–water partition coefficient (Wildman–Crippen LogP) is 8.56. The first-order valence-electron chi connectivity index (χ1n) is 12.7. The van der Waals surface area contributed by atoms with Crippen LogP contribution in [0.4, 0.5) is 17.6 Å². The highest BCUT2D eigenvalue weighted by Gasteiger charge is 2.32. The van der Waals surface area contributed by atoms with Crippen LogP contribution in [0.15, 0.2) is 60.2 Å². The first kappa shape index (κ1) is 33.4. The summed E-state index contributed by atoms with van der Waals surface area (Å²) in [4.78, 5) is 24.4. The van der Waals surface area contributed by atoms with Crippen molar-refractivity contribution in [3.63, 3.8) is 0 Å². The van der Waals surface area contributed by atoms with E-state index < -0.39 is 35.8 Å². The maximum atomic E-state index is 14.6. The first-order chi connectivity index (χ1) is 19.2. The van der Waals surface area contributed by atoms with Crippen molar-refractivity contribution in [1.82, 2.24) is 4.57 Å². The second-order valence-electron chi connectivity index (χ2n) is 9.08. The average molecular weight is 598 g/mol. The zero-order valence-corrected chi connectivity index (χ0v) is 24.1. The lowest BCUT2D eigenvalue weighted by Crippen LogP contribution is -2.26. The summed E-state index contributed by atoms with van der Waals surface area (Å²) < 4.78 is 63.9. The Hall–Kier alpha value is -3.79. The molecule has 0 saturated heterocycles. The molecule has 222 valence electrons. The van der Waals surface area contributed by atoms with E-state index in [0.717, 1.165) is 24.3 Å². The molecule has 0 unspecified atom stereocenters. The molecule has 41 heavy (non-hydrogen) atoms. The molecule has 3 aromatic rings. The van der Waals surface area contributed by atoms with Gasteiger partial charge in [0.15, 0.2) is 11.9 Å². The lowest BCUT2D eigenvalue weighted by Gasteiger charge is -2.16. The summed E-state index contributed by atoms with van der Waals surface area (Å²) in [5.41, 5.74) is 2.32. The van der Waals surface area contributed by atoms with Gasteiger partial charge in [-0.2, -0.15) is 0 Å². The van der Waals surface area contributed by atoms with E-state index in [-0.39, 0.29) is 28.9 Å². The smallest absolute Gasteiger partial charge is 0.479 e. The van der Waals surface area contributed by atoms with Gasteiger partial charge >= 0.3 is 12.3 Å². The van der Waals surface area contributed by atoms with Gasteiger partial charge in [0.1, 0.15) is 17.3 Å². The molecular weight excluding hydrogens is 566 g/mol. The largest absolute Gasteiger partial charge is 0.573 e. The third-order valence-electron chi connectivity index (χ3n) is 6.13. The van der Waals surface area contributed by atoms with E-state index in [1.165, 1.54) is 22.3 Å². The zero-order valence-electron chi connectivity index (χ0n) is 23.4. The summed E-state index contributed by atoms with van der Waals surface area (Å²) >= 11 is 5.38. The number of fused-ring (bicyclic) bond motifs is 1. The van der Waals surface area contributed by atoms with Crippen LogP contribution in [-0.2, 0) is 4.79 Å². The quantitative estimate of drug-likeness (QED) is 0.0833. The monoisotopic (exact) mass is 597 g/mol. The molecule has 0 spiro atoms. The minimum Gasteiger partial charge on any atom is -0.479 e. The van der Waals surface area contributed by atoms with Gasteiger partial charge in [-0.25, -0.2) is 9.18 Å². The van der Waals surface area contributed by atoms with E-state index in [1.807, 2.05) is 19.9 Å². The molecule has 1 heterocycles. The van der Waals surface area contributed by atoms with Crippen molar-refractivity contribution in [2.24, 2.45) is 0 Å². The maximum Gasteiger partial charge on any atom is 0.573 e. The number of aliphatic carboxylic acids is 1. The van der Waals surface area contributed by atoms with E-state index in [2.05, 4.69) is 11.3 Å². The fourth-order valence-corrected chi connectivity index (χ4v) is 4.00. The van der Waals surface area contributed by atoms with Crippen molar-refractivity contribution < 1.29 is 41.7 Å². The third-order valence-corrected chi connectivity index (χ3v) is 6.55. The lowest BCUT2D eigenvalue weighted by atomic mass is 10.00. The van der Waals surface area contributed by atoms with Crippen LogP contribution in [0.5, 0.6) is 11.5 Å². The number of carbonyl (C=O) groups is 2. The fraction of sp³-hybridized carbons (Fsp3) is 0.333. The highest BCUT2D eigenvalue weighted by molar-refractivity contribution is 6.19. The van der Waals surface area contributed by atoms with Crippen LogP contribution in [0.3, 0.4) is 0 Å². The normalized spacial score (nSPS) is 12.4. The number of allylic oxidation sites excluding steroid dienone is 3. The third kappa shape index (κ3) is 8.60. The van der Waals surface area contributed by atoms with Crippen molar-refractivity contribution >= 4 is 34.3 Å². The lowest BCUT2D eigenvalue weighted by molar-refractivity contribution is -0.274. The van der Waals surface area contributed by atoms with Crippen LogP contribution in [-0.4, -0.2) is 39.8 Å². The van der Waals surface area contributed by atoms with Crippen molar-refractivity contribution in [3.05, 3.63) is 77.3 Å². The number of aromatic nitrogens is 1. The molecule has 1 aromatic heterocycles. The Bertz CT molecular complexity index is 1460. The topological polar surface area (TPSA) is 77.8 Å². The number of hydrogen-bond acceptors (Lipinski definition) is 4. The molecule has 0 bridgehead atoms. The maximum absolute atomic E-state index is 14.6. The summed E-state index contributed by atoms with van der Waals surface area (Å²) in [5.74, 6) is -2.36. The van der Waals surface area contributed by atoms with Crippen LogP contribution >= 0.6 is 11.6 Å². The fourth-order valence-electron chi connectivity index (χ4n) is 3.84. The number of nitrogens with zero attached hydrogens (tertiary/aromatic N) is 1. The van der Waals surface area contributed by atoms with Gasteiger partial charge in [0.2, 0.25) is 0 Å². The highest BCUT2D eigenvalue weighted by Crippen LogP contribution is 2.36. The number of halogens is 5. The number of carboxylic acid groups (broad SMARTS) is 1. The molecule has 6 nitrogen and oxygen atoms in total. The first-order valence-corrected chi connectivity index (χ1v) is 13.2. The van der Waals surface area contributed by atoms with Gasteiger partial charge in [0.05, 0.1) is 16.8 Å². The summed E-state index contributed by atoms with van der Waals surface area (Å²) in [6, 6.07) is 6.95. The molecule has 0 aliphatic rings. The summed E-state index contributed by atoms with van der Waals surface area (Å²) in [6.45, 7) is 12.7. The Labute approximate surface area is 240 Å². The van der Waals surface area contributed by atoms with Crippen LogP contribution in [0.2, 0.25) is 0 Å². The van der Waals surface area contributed by atoms with Gasteiger partial charge in [0.25, 0.3) is 0 Å². The number of ketones is 1. The predicted molar refractivity (Wildman–Crippen MR) is 151 cm³/mol. The van der Waals surface area contributed by atoms with Crippen molar-refractivity contribution in [2.75, 3.05) is 5.88 Å². The Kier molecular flexibility index (Phi) is 11.6. The number of alkyl halides is 4. The molecule has 0 radical (unpaired) electrons. The number of carboxylic acids is 1. The molecule has 0 fully saturated rings. The number of rotatable bonds is 10. The summed E-state index contributed by atoms with van der Waals surface area (Å²) in [7, 11) is 0. The standard InChI is InChI=1S/C25H23F4NO5.C5H9Cl/c1-5-13(3)23(31)22-14(4)30(20-12-17(7-8-19(20)22)35-25(27,28)29)16-9-15(26)10-18(11-16)34-21(6-2)24(32)33;1-3-5(2)4-6/h7-12,21H,3,5-6H2,1-2,4H3,(H,32,33);3H,4H2,1-2H3/b;5-3+/t21-;/m1./s1. The number of hydrogen-bond donors (Lipinski definition) is 1. The molecule has 11 heteroatoms. The molecule has 0 aliphatic heterocycles. The number of Topliss-reactive ketones (excluding diaryl/α,β-unsaturated/α-hetero) is 1. The number of benzene rings is 2. The second kappa shape index (κ2) is 14.2. The van der Waals surface area contributed by atoms with Gasteiger partial charge in [-0.3, -0.25) is 4.79 Å². The minimum absolute atomic E-state index is 0.0935. The zero-order chi connectivity index (χ0) is 31.1. The Morgan fingerprint density at radius 2 is 1.80 bits per heavy atom. The van der Waals surface area contributed by atoms with Gasteiger partial charge in [-0.05, 0) is 57.4 Å². The molecule has 1 N–H and O–H groups in total. The van der Waals surface area contributed by atoms with E-state index in [9.17, 15) is 32.3 Å². The van der Waals surface area contributed by atoms with Crippen molar-refractivity contribution in [1.29, 1.82) is 0 Å². The van der Waals surface area contributed by atoms with Crippen LogP contribution in [0, 0.1) is 12.7 Å². The Balaban J connectivity index is 0.000000883. The van der Waals surface area contributed by atoms with Gasteiger partial charge < -0.3 is 19.1 Å². The van der Waals surface area contributed by atoms with Gasteiger partial charge in [-0.15, -0.1) is 24.8 Å².